The molecule has 2 N–H and O–H groups in total. The Morgan fingerprint density at radius 3 is 2.86 bits per heavy atom. The van der Waals surface area contributed by atoms with Crippen molar-refractivity contribution in [1.82, 2.24) is 10.3 Å². The summed E-state index contributed by atoms with van der Waals surface area (Å²) in [5, 5.41) is 14.4. The van der Waals surface area contributed by atoms with Gasteiger partial charge in [-0.15, -0.1) is 11.3 Å². The van der Waals surface area contributed by atoms with Crippen molar-refractivity contribution in [2.75, 3.05) is 13.2 Å². The zero-order valence-corrected chi connectivity index (χ0v) is 12.1. The van der Waals surface area contributed by atoms with Gasteiger partial charge in [-0.25, -0.2) is 4.98 Å². The van der Waals surface area contributed by atoms with Crippen molar-refractivity contribution >= 4 is 28.1 Å². The van der Waals surface area contributed by atoms with Crippen LogP contribution in [-0.2, 0) is 0 Å². The topological polar surface area (TPSA) is 62.2 Å². The maximum Gasteiger partial charge on any atom is 0.252 e. The Kier molecular flexibility index (Phi) is 3.94. The summed E-state index contributed by atoms with van der Waals surface area (Å²) in [5.74, 6) is -0.194. The van der Waals surface area contributed by atoms with Crippen LogP contribution in [0.5, 0.6) is 0 Å². The highest BCUT2D eigenvalue weighted by Gasteiger charge is 2.13. The number of nitrogens with one attached hydrogen (secondary N) is 1. The van der Waals surface area contributed by atoms with Gasteiger partial charge >= 0.3 is 0 Å². The molecule has 1 amide bonds. The molecule has 3 aromatic rings. The number of hydrogen-bond donors (Lipinski definition) is 2. The number of carbonyl (C=O) groups is 1. The molecule has 0 fully saturated rings. The number of nitrogens with zero attached hydrogens (tertiary/aromatic N) is 1. The van der Waals surface area contributed by atoms with Gasteiger partial charge in [-0.3, -0.25) is 4.79 Å². The van der Waals surface area contributed by atoms with Crippen LogP contribution < -0.4 is 5.32 Å². The monoisotopic (exact) mass is 298 g/mol. The largest absolute Gasteiger partial charge is 0.395 e. The molecular formula is C16H14N2O2S. The van der Waals surface area contributed by atoms with Crippen LogP contribution in [0.15, 0.2) is 47.8 Å². The number of hydrogen-bond acceptors (Lipinski definition) is 4. The molecule has 2 aromatic heterocycles. The highest BCUT2D eigenvalue weighted by molar-refractivity contribution is 7.13. The first-order valence-corrected chi connectivity index (χ1v) is 7.50. The van der Waals surface area contributed by atoms with Crippen LogP contribution in [0.4, 0.5) is 0 Å². The predicted molar refractivity (Wildman–Crippen MR) is 84.5 cm³/mol. The van der Waals surface area contributed by atoms with Crippen molar-refractivity contribution < 1.29 is 9.90 Å². The lowest BCUT2D eigenvalue weighted by Gasteiger charge is -2.09. The maximum atomic E-state index is 12.3. The number of fused-ring (bicyclic) bond motifs is 1. The van der Waals surface area contributed by atoms with E-state index >= 15 is 0 Å². The van der Waals surface area contributed by atoms with E-state index in [0.29, 0.717) is 5.56 Å². The Labute approximate surface area is 126 Å². The van der Waals surface area contributed by atoms with Gasteiger partial charge in [0.25, 0.3) is 5.91 Å². The Hall–Kier alpha value is -2.24. The predicted octanol–water partition coefficient (Wildman–Crippen LogP) is 2.69. The zero-order valence-electron chi connectivity index (χ0n) is 11.2. The molecule has 5 heteroatoms. The van der Waals surface area contributed by atoms with Gasteiger partial charge in [-0.05, 0) is 23.6 Å². The van der Waals surface area contributed by atoms with Crippen LogP contribution in [0.25, 0.3) is 21.5 Å². The fraction of sp³-hybridized carbons (Fsp3) is 0.125. The van der Waals surface area contributed by atoms with E-state index in [2.05, 4.69) is 10.3 Å². The minimum atomic E-state index is -0.194. The minimum absolute atomic E-state index is 0.0768. The minimum Gasteiger partial charge on any atom is -0.395 e. The van der Waals surface area contributed by atoms with E-state index in [1.54, 1.807) is 17.4 Å². The second kappa shape index (κ2) is 6.03. The number of aliphatic hydroxyl groups excluding tert-OH is 1. The molecule has 0 spiro atoms. The van der Waals surface area contributed by atoms with Crippen molar-refractivity contribution in [1.29, 1.82) is 0 Å². The molecule has 0 bridgehead atoms. The molecule has 0 saturated carbocycles. The molecule has 0 atom stereocenters. The van der Waals surface area contributed by atoms with E-state index < -0.39 is 0 Å². The van der Waals surface area contributed by atoms with Gasteiger partial charge in [0.15, 0.2) is 0 Å². The summed E-state index contributed by atoms with van der Waals surface area (Å²) in [4.78, 5) is 17.9. The van der Waals surface area contributed by atoms with Crippen LogP contribution in [0.1, 0.15) is 10.4 Å². The highest BCUT2D eigenvalue weighted by atomic mass is 32.1. The van der Waals surface area contributed by atoms with E-state index in [4.69, 9.17) is 5.11 Å². The molecule has 106 valence electrons. The molecular weight excluding hydrogens is 284 g/mol. The summed E-state index contributed by atoms with van der Waals surface area (Å²) in [5.41, 5.74) is 2.16. The second-order valence-corrected chi connectivity index (χ2v) is 5.48. The van der Waals surface area contributed by atoms with E-state index in [1.165, 1.54) is 0 Å². The number of para-hydroxylation sites is 1. The first kappa shape index (κ1) is 13.7. The van der Waals surface area contributed by atoms with E-state index in [-0.39, 0.29) is 19.1 Å². The number of amides is 1. The van der Waals surface area contributed by atoms with Crippen molar-refractivity contribution in [3.8, 4) is 10.6 Å². The van der Waals surface area contributed by atoms with Crippen molar-refractivity contribution in [2.45, 2.75) is 0 Å². The Morgan fingerprint density at radius 2 is 2.10 bits per heavy atom. The number of thiophene rings is 1. The van der Waals surface area contributed by atoms with Crippen molar-refractivity contribution in [2.24, 2.45) is 0 Å². The molecule has 0 aliphatic heterocycles. The zero-order chi connectivity index (χ0) is 14.7. The maximum absolute atomic E-state index is 12.3. The third-order valence-electron chi connectivity index (χ3n) is 3.13. The van der Waals surface area contributed by atoms with Crippen LogP contribution in [0.2, 0.25) is 0 Å². The summed E-state index contributed by atoms with van der Waals surface area (Å²) in [6.07, 6.45) is 0. The average molecular weight is 298 g/mol. The van der Waals surface area contributed by atoms with Gasteiger partial charge in [0.05, 0.1) is 28.3 Å². The fourth-order valence-electron chi connectivity index (χ4n) is 2.18. The summed E-state index contributed by atoms with van der Waals surface area (Å²) >= 11 is 1.59. The summed E-state index contributed by atoms with van der Waals surface area (Å²) < 4.78 is 0. The fourth-order valence-corrected chi connectivity index (χ4v) is 2.86. The highest BCUT2D eigenvalue weighted by Crippen LogP contribution is 2.27. The van der Waals surface area contributed by atoms with Gasteiger partial charge in [0, 0.05) is 11.9 Å². The second-order valence-electron chi connectivity index (χ2n) is 4.53. The molecule has 1 aromatic carbocycles. The molecule has 0 saturated heterocycles. The standard InChI is InChI=1S/C16H14N2O2S/c19-8-7-17-16(20)12-10-14(15-6-3-9-21-15)18-13-5-2-1-4-11(12)13/h1-6,9-10,19H,7-8H2,(H,17,20). The molecule has 0 aliphatic rings. The number of rotatable bonds is 4. The lowest BCUT2D eigenvalue weighted by Crippen LogP contribution is -2.26. The lowest BCUT2D eigenvalue weighted by atomic mass is 10.1. The number of aromatic nitrogens is 1. The molecule has 4 nitrogen and oxygen atoms in total. The quantitative estimate of drug-likeness (QED) is 0.778. The van der Waals surface area contributed by atoms with Crippen molar-refractivity contribution in [3.05, 3.63) is 53.4 Å². The first-order chi connectivity index (χ1) is 10.3. The molecule has 0 aliphatic carbocycles. The molecule has 2 heterocycles. The SMILES string of the molecule is O=C(NCCO)c1cc(-c2cccs2)nc2ccccc12. The summed E-state index contributed by atoms with van der Waals surface area (Å²) in [6, 6.07) is 13.3. The van der Waals surface area contributed by atoms with Crippen LogP contribution in [0, 0.1) is 0 Å². The van der Waals surface area contributed by atoms with Crippen LogP contribution in [0.3, 0.4) is 0 Å². The van der Waals surface area contributed by atoms with Gasteiger partial charge in [-0.2, -0.15) is 0 Å². The Balaban J connectivity index is 2.14. The molecule has 21 heavy (non-hydrogen) atoms. The van der Waals surface area contributed by atoms with Crippen LogP contribution >= 0.6 is 11.3 Å². The number of aliphatic hydroxyl groups is 1. The smallest absolute Gasteiger partial charge is 0.252 e. The third kappa shape index (κ3) is 2.79. The van der Waals surface area contributed by atoms with E-state index in [0.717, 1.165) is 21.5 Å². The van der Waals surface area contributed by atoms with Crippen LogP contribution in [-0.4, -0.2) is 29.1 Å². The van der Waals surface area contributed by atoms with E-state index in [1.807, 2.05) is 41.8 Å². The number of carbonyl (C=O) groups excluding carboxylic acids is 1. The van der Waals surface area contributed by atoms with Gasteiger partial charge in [0.2, 0.25) is 0 Å². The first-order valence-electron chi connectivity index (χ1n) is 6.62. The lowest BCUT2D eigenvalue weighted by molar-refractivity contribution is 0.0946. The van der Waals surface area contributed by atoms with Crippen molar-refractivity contribution in [3.63, 3.8) is 0 Å². The normalized spacial score (nSPS) is 10.7. The Bertz CT molecular complexity index is 769. The summed E-state index contributed by atoms with van der Waals surface area (Å²) in [7, 11) is 0. The molecule has 3 rings (SSSR count). The average Bonchev–Trinajstić information content (AvgIpc) is 3.06. The molecule has 0 unspecified atom stereocenters. The van der Waals surface area contributed by atoms with Gasteiger partial charge < -0.3 is 10.4 Å². The van der Waals surface area contributed by atoms with Gasteiger partial charge in [0.1, 0.15) is 0 Å². The summed E-state index contributed by atoms with van der Waals surface area (Å²) in [6.45, 7) is 0.163. The number of pyridine rings is 1. The third-order valence-corrected chi connectivity index (χ3v) is 4.02. The van der Waals surface area contributed by atoms with E-state index in [9.17, 15) is 4.79 Å². The number of benzene rings is 1. The van der Waals surface area contributed by atoms with Gasteiger partial charge in [-0.1, -0.05) is 24.3 Å². The molecule has 0 radical (unpaired) electrons. The Morgan fingerprint density at radius 1 is 1.24 bits per heavy atom.